The molecule has 0 atom stereocenters. The van der Waals surface area contributed by atoms with Crippen LogP contribution < -0.4 is 20.3 Å². The number of carbonyl (C=O) groups excluding carboxylic acids is 1. The van der Waals surface area contributed by atoms with Crippen molar-refractivity contribution in [3.8, 4) is 11.5 Å². The van der Waals surface area contributed by atoms with E-state index in [1.54, 1.807) is 10.6 Å². The number of hydrogen-bond donors (Lipinski definition) is 1. The van der Waals surface area contributed by atoms with Crippen LogP contribution in [0.25, 0.3) is 10.9 Å². The molecule has 0 saturated heterocycles. The number of anilines is 1. The molecular formula is C27H25N3O4S. The second-order valence-electron chi connectivity index (χ2n) is 8.57. The molecule has 0 aliphatic carbocycles. The van der Waals surface area contributed by atoms with Crippen molar-refractivity contribution >= 4 is 34.3 Å². The molecule has 1 aliphatic heterocycles. The Morgan fingerprint density at radius 2 is 1.83 bits per heavy atom. The molecule has 1 aromatic heterocycles. The second kappa shape index (κ2) is 9.84. The van der Waals surface area contributed by atoms with E-state index < -0.39 is 0 Å². The van der Waals surface area contributed by atoms with Gasteiger partial charge in [0.1, 0.15) is 0 Å². The third-order valence-electron chi connectivity index (χ3n) is 5.79. The predicted molar refractivity (Wildman–Crippen MR) is 138 cm³/mol. The molecule has 7 nitrogen and oxygen atoms in total. The zero-order valence-corrected chi connectivity index (χ0v) is 20.3. The zero-order chi connectivity index (χ0) is 24.4. The third kappa shape index (κ3) is 4.88. The summed E-state index contributed by atoms with van der Waals surface area (Å²) in [6.07, 6.45) is 0. The number of amides is 1. The van der Waals surface area contributed by atoms with Crippen molar-refractivity contribution in [3.63, 3.8) is 0 Å². The molecule has 0 saturated carbocycles. The Hall–Kier alpha value is -3.78. The van der Waals surface area contributed by atoms with Gasteiger partial charge in [0.15, 0.2) is 16.7 Å². The lowest BCUT2D eigenvalue weighted by Gasteiger charge is -2.15. The number of hydrogen-bond acceptors (Lipinski definition) is 6. The Kier molecular flexibility index (Phi) is 6.46. The minimum absolute atomic E-state index is 0.123. The highest BCUT2D eigenvalue weighted by Gasteiger charge is 2.17. The van der Waals surface area contributed by atoms with Gasteiger partial charge in [-0.1, -0.05) is 62.0 Å². The first-order chi connectivity index (χ1) is 17.0. The van der Waals surface area contributed by atoms with Crippen LogP contribution in [0.2, 0.25) is 0 Å². The van der Waals surface area contributed by atoms with E-state index in [0.717, 1.165) is 16.8 Å². The highest BCUT2D eigenvalue weighted by Crippen LogP contribution is 2.33. The van der Waals surface area contributed by atoms with Crippen molar-refractivity contribution in [2.45, 2.75) is 31.5 Å². The smallest absolute Gasteiger partial charge is 0.262 e. The van der Waals surface area contributed by atoms with Crippen molar-refractivity contribution in [2.75, 3.05) is 17.9 Å². The van der Waals surface area contributed by atoms with Gasteiger partial charge in [0.2, 0.25) is 12.7 Å². The van der Waals surface area contributed by atoms with E-state index in [4.69, 9.17) is 14.5 Å². The maximum Gasteiger partial charge on any atom is 0.262 e. The summed E-state index contributed by atoms with van der Waals surface area (Å²) in [5.41, 5.74) is 3.21. The molecule has 0 radical (unpaired) electrons. The maximum atomic E-state index is 13.4. The fourth-order valence-electron chi connectivity index (χ4n) is 4.05. The van der Waals surface area contributed by atoms with Gasteiger partial charge in [-0.05, 0) is 47.4 Å². The number of thioether (sulfide) groups is 1. The molecule has 1 N–H and O–H groups in total. The number of rotatable bonds is 7. The lowest BCUT2D eigenvalue weighted by atomic mass is 10.0. The van der Waals surface area contributed by atoms with Gasteiger partial charge in [-0.3, -0.25) is 14.2 Å². The van der Waals surface area contributed by atoms with Gasteiger partial charge in [-0.2, -0.15) is 0 Å². The first-order valence-electron chi connectivity index (χ1n) is 11.4. The van der Waals surface area contributed by atoms with Crippen LogP contribution in [0.5, 0.6) is 11.5 Å². The Morgan fingerprint density at radius 3 is 2.69 bits per heavy atom. The van der Waals surface area contributed by atoms with Gasteiger partial charge in [-0.15, -0.1) is 0 Å². The van der Waals surface area contributed by atoms with Crippen LogP contribution in [0, 0.1) is 0 Å². The quantitative estimate of drug-likeness (QED) is 0.291. The number of nitrogens with one attached hydrogen (secondary N) is 1. The van der Waals surface area contributed by atoms with Gasteiger partial charge in [0, 0.05) is 5.69 Å². The Morgan fingerprint density at radius 1 is 1.06 bits per heavy atom. The maximum absolute atomic E-state index is 13.4. The van der Waals surface area contributed by atoms with E-state index in [9.17, 15) is 9.59 Å². The molecule has 1 amide bonds. The predicted octanol–water partition coefficient (Wildman–Crippen LogP) is 5.03. The largest absolute Gasteiger partial charge is 0.454 e. The summed E-state index contributed by atoms with van der Waals surface area (Å²) in [4.78, 5) is 30.9. The minimum atomic E-state index is -0.153. The van der Waals surface area contributed by atoms with Crippen molar-refractivity contribution < 1.29 is 14.3 Å². The summed E-state index contributed by atoms with van der Waals surface area (Å²) in [5.74, 6) is 1.60. The molecule has 35 heavy (non-hydrogen) atoms. The Balaban J connectivity index is 1.42. The SMILES string of the molecule is CC(C)c1ccccc1NC(=O)CSc1nc2ccccc2c(=O)n1Cc1ccc2c(c1)OCO2. The highest BCUT2D eigenvalue weighted by atomic mass is 32.2. The van der Waals surface area contributed by atoms with Crippen LogP contribution in [0.3, 0.4) is 0 Å². The Labute approximate surface area is 207 Å². The molecule has 178 valence electrons. The van der Waals surface area contributed by atoms with Gasteiger partial charge in [0.25, 0.3) is 5.56 Å². The summed E-state index contributed by atoms with van der Waals surface area (Å²) >= 11 is 1.25. The van der Waals surface area contributed by atoms with Crippen LogP contribution >= 0.6 is 11.8 Å². The fraction of sp³-hybridized carbons (Fsp3) is 0.222. The number of fused-ring (bicyclic) bond motifs is 2. The van der Waals surface area contributed by atoms with Crippen molar-refractivity contribution in [3.05, 3.63) is 88.2 Å². The second-order valence-corrected chi connectivity index (χ2v) is 9.51. The van der Waals surface area contributed by atoms with Crippen LogP contribution in [0.1, 0.15) is 30.9 Å². The third-order valence-corrected chi connectivity index (χ3v) is 6.77. The molecule has 8 heteroatoms. The zero-order valence-electron chi connectivity index (χ0n) is 19.5. The molecular weight excluding hydrogens is 462 g/mol. The van der Waals surface area contributed by atoms with Crippen LogP contribution in [-0.4, -0.2) is 28.0 Å². The van der Waals surface area contributed by atoms with Crippen LogP contribution in [0.15, 0.2) is 76.7 Å². The van der Waals surface area contributed by atoms with E-state index in [1.807, 2.05) is 60.7 Å². The molecule has 2 heterocycles. The minimum Gasteiger partial charge on any atom is -0.454 e. The molecule has 5 rings (SSSR count). The average Bonchev–Trinajstić information content (AvgIpc) is 3.33. The molecule has 0 unspecified atom stereocenters. The lowest BCUT2D eigenvalue weighted by Crippen LogP contribution is -2.25. The molecule has 1 aliphatic rings. The van der Waals surface area contributed by atoms with Crippen molar-refractivity contribution in [1.29, 1.82) is 0 Å². The van der Waals surface area contributed by atoms with E-state index in [1.165, 1.54) is 11.8 Å². The van der Waals surface area contributed by atoms with E-state index in [0.29, 0.717) is 34.1 Å². The van der Waals surface area contributed by atoms with Crippen molar-refractivity contribution in [2.24, 2.45) is 0 Å². The summed E-state index contributed by atoms with van der Waals surface area (Å²) in [6.45, 7) is 4.67. The van der Waals surface area contributed by atoms with Crippen molar-refractivity contribution in [1.82, 2.24) is 9.55 Å². The summed E-state index contributed by atoms with van der Waals surface area (Å²) < 4.78 is 12.5. The number of para-hydroxylation sites is 2. The number of ether oxygens (including phenoxy) is 2. The molecule has 3 aromatic carbocycles. The number of aromatic nitrogens is 2. The van der Waals surface area contributed by atoms with Crippen LogP contribution in [-0.2, 0) is 11.3 Å². The number of nitrogens with zero attached hydrogens (tertiary/aromatic N) is 2. The molecule has 0 spiro atoms. The fourth-order valence-corrected chi connectivity index (χ4v) is 4.85. The van der Waals surface area contributed by atoms with E-state index in [2.05, 4.69) is 19.2 Å². The lowest BCUT2D eigenvalue weighted by molar-refractivity contribution is -0.113. The van der Waals surface area contributed by atoms with Gasteiger partial charge in [-0.25, -0.2) is 4.98 Å². The number of carbonyl (C=O) groups is 1. The highest BCUT2D eigenvalue weighted by molar-refractivity contribution is 7.99. The van der Waals surface area contributed by atoms with Crippen LogP contribution in [0.4, 0.5) is 5.69 Å². The molecule has 4 aromatic rings. The van der Waals surface area contributed by atoms with Gasteiger partial charge < -0.3 is 14.8 Å². The normalized spacial score (nSPS) is 12.3. The summed E-state index contributed by atoms with van der Waals surface area (Å²) in [5, 5.41) is 4.03. The first-order valence-corrected chi connectivity index (χ1v) is 12.4. The average molecular weight is 488 g/mol. The summed E-state index contributed by atoms with van der Waals surface area (Å²) in [6, 6.07) is 20.6. The number of benzene rings is 3. The standard InChI is InChI=1S/C27H25N3O4S/c1-17(2)19-7-3-5-9-21(19)28-25(31)15-35-27-29-22-10-6-4-8-20(22)26(32)30(27)14-18-11-12-23-24(13-18)34-16-33-23/h3-13,17H,14-16H2,1-2H3,(H,28,31). The monoisotopic (exact) mass is 487 g/mol. The van der Waals surface area contributed by atoms with Gasteiger partial charge >= 0.3 is 0 Å². The molecule has 0 bridgehead atoms. The molecule has 0 fully saturated rings. The summed E-state index contributed by atoms with van der Waals surface area (Å²) in [7, 11) is 0. The first kappa shape index (κ1) is 23.0. The van der Waals surface area contributed by atoms with E-state index in [-0.39, 0.29) is 29.9 Å². The van der Waals surface area contributed by atoms with E-state index >= 15 is 0 Å². The topological polar surface area (TPSA) is 82.5 Å². The Bertz CT molecular complexity index is 1460. The van der Waals surface area contributed by atoms with Gasteiger partial charge in [0.05, 0.1) is 23.2 Å².